The van der Waals surface area contributed by atoms with Gasteiger partial charge in [-0.05, 0) is 32.1 Å². The second kappa shape index (κ2) is 28.6. The average molecular weight is 605 g/mol. The maximum atomic E-state index is 12.1. The van der Waals surface area contributed by atoms with Gasteiger partial charge in [0.05, 0.1) is 59.5 Å². The van der Waals surface area contributed by atoms with Gasteiger partial charge in [0.25, 0.3) is 0 Å². The molecule has 1 aliphatic heterocycles. The predicted molar refractivity (Wildman–Crippen MR) is 161 cm³/mol. The van der Waals surface area contributed by atoms with Crippen molar-refractivity contribution in [3.8, 4) is 0 Å². The van der Waals surface area contributed by atoms with Gasteiger partial charge in [-0.1, -0.05) is 70.4 Å². The summed E-state index contributed by atoms with van der Waals surface area (Å²) in [4.78, 5) is 12.1. The maximum Gasteiger partial charge on any atom is 0.305 e. The van der Waals surface area contributed by atoms with Crippen molar-refractivity contribution in [2.24, 2.45) is 0 Å². The molecule has 0 radical (unpaired) electrons. The van der Waals surface area contributed by atoms with Gasteiger partial charge in [-0.15, -0.1) is 0 Å². The summed E-state index contributed by atoms with van der Waals surface area (Å²) in [6, 6.07) is 0. The van der Waals surface area contributed by atoms with Crippen molar-refractivity contribution in [2.75, 3.05) is 66.1 Å². The van der Waals surface area contributed by atoms with Gasteiger partial charge in [0.1, 0.15) is 31.0 Å². The lowest BCUT2D eigenvalue weighted by Crippen LogP contribution is -2.45. The van der Waals surface area contributed by atoms with Gasteiger partial charge < -0.3 is 43.7 Å². The van der Waals surface area contributed by atoms with Crippen LogP contribution in [0.5, 0.6) is 0 Å². The Morgan fingerprint density at radius 3 is 2.07 bits per heavy atom. The van der Waals surface area contributed by atoms with Crippen LogP contribution >= 0.6 is 0 Å². The summed E-state index contributed by atoms with van der Waals surface area (Å²) in [5.41, 5.74) is 0. The second-order valence-electron chi connectivity index (χ2n) is 10.8. The number of carbonyl (C=O) groups excluding carboxylic acids is 1. The van der Waals surface area contributed by atoms with E-state index in [0.717, 1.165) is 25.7 Å². The summed E-state index contributed by atoms with van der Waals surface area (Å²) < 4.78 is 34.0. The second-order valence-corrected chi connectivity index (χ2v) is 10.8. The van der Waals surface area contributed by atoms with E-state index in [0.29, 0.717) is 6.42 Å². The summed E-state index contributed by atoms with van der Waals surface area (Å²) in [5, 5.41) is 27.5. The number of rotatable bonds is 30. The lowest BCUT2D eigenvalue weighted by Gasteiger charge is -2.29. The van der Waals surface area contributed by atoms with Crippen molar-refractivity contribution in [3.05, 3.63) is 12.2 Å². The van der Waals surface area contributed by atoms with Gasteiger partial charge in [-0.3, -0.25) is 4.79 Å². The quantitative estimate of drug-likeness (QED) is 0.0625. The Labute approximate surface area is 254 Å². The van der Waals surface area contributed by atoms with Crippen molar-refractivity contribution in [1.29, 1.82) is 0 Å². The van der Waals surface area contributed by atoms with E-state index in [1.54, 1.807) is 0 Å². The zero-order valence-electron chi connectivity index (χ0n) is 26.1. The Balaban J connectivity index is 2.13. The van der Waals surface area contributed by atoms with Crippen molar-refractivity contribution in [2.45, 2.75) is 121 Å². The fraction of sp³-hybridized carbons (Fsp3) is 0.906. The third-order valence-corrected chi connectivity index (χ3v) is 7.17. The average Bonchev–Trinajstić information content (AvgIpc) is 3.40. The highest BCUT2D eigenvalue weighted by atomic mass is 16.6. The molecule has 0 aromatic heterocycles. The number of hydrogen-bond acceptors (Lipinski definition) is 10. The van der Waals surface area contributed by atoms with Gasteiger partial charge in [0.2, 0.25) is 0 Å². The number of allylic oxidation sites excluding steroid dienone is 2. The fourth-order valence-corrected chi connectivity index (χ4v) is 4.93. The number of unbranched alkanes of at least 4 members (excludes halogenated alkanes) is 11. The van der Waals surface area contributed by atoms with Crippen LogP contribution in [0.2, 0.25) is 0 Å². The third-order valence-electron chi connectivity index (χ3n) is 7.17. The first-order chi connectivity index (χ1) is 20.7. The van der Waals surface area contributed by atoms with Crippen LogP contribution in [0.4, 0.5) is 0 Å². The molecule has 3 unspecified atom stereocenters. The van der Waals surface area contributed by atoms with Crippen LogP contribution in [-0.2, 0) is 33.2 Å². The van der Waals surface area contributed by atoms with Crippen LogP contribution in [0.25, 0.3) is 0 Å². The number of esters is 1. The van der Waals surface area contributed by atoms with Crippen LogP contribution in [0.1, 0.15) is 96.8 Å². The molecule has 10 heteroatoms. The first-order valence-corrected chi connectivity index (χ1v) is 16.3. The molecule has 1 fully saturated rings. The molecule has 0 amide bonds. The van der Waals surface area contributed by atoms with Crippen LogP contribution in [-0.4, -0.2) is 112 Å². The topological polar surface area (TPSA) is 133 Å². The Morgan fingerprint density at radius 1 is 0.786 bits per heavy atom. The molecule has 10 nitrogen and oxygen atoms in total. The lowest BCUT2D eigenvalue weighted by atomic mass is 10.1. The van der Waals surface area contributed by atoms with Crippen molar-refractivity contribution >= 4 is 5.97 Å². The molecule has 0 aromatic rings. The first kappa shape index (κ1) is 38.9. The Kier molecular flexibility index (Phi) is 26.5. The molecule has 1 aliphatic rings. The Bertz CT molecular complexity index is 632. The summed E-state index contributed by atoms with van der Waals surface area (Å²) in [6.45, 7) is 2.87. The molecule has 0 spiro atoms. The van der Waals surface area contributed by atoms with Crippen molar-refractivity contribution < 1.29 is 48.5 Å². The number of hydrogen-bond donors (Lipinski definition) is 3. The van der Waals surface area contributed by atoms with Crippen molar-refractivity contribution in [3.63, 3.8) is 0 Å². The highest BCUT2D eigenvalue weighted by Gasteiger charge is 2.44. The van der Waals surface area contributed by atoms with E-state index in [-0.39, 0.29) is 72.0 Å². The molecule has 1 heterocycles. The van der Waals surface area contributed by atoms with Crippen LogP contribution in [0, 0.1) is 0 Å². The van der Waals surface area contributed by atoms with Crippen LogP contribution in [0.15, 0.2) is 12.2 Å². The van der Waals surface area contributed by atoms with E-state index >= 15 is 0 Å². The van der Waals surface area contributed by atoms with Crippen molar-refractivity contribution in [1.82, 2.24) is 0 Å². The molecule has 248 valence electrons. The molecule has 3 N–H and O–H groups in total. The molecule has 0 bridgehead atoms. The summed E-state index contributed by atoms with van der Waals surface area (Å²) in [7, 11) is 0. The number of carbonyl (C=O) groups is 1. The molecular formula is C32H60O10. The zero-order valence-corrected chi connectivity index (χ0v) is 26.1. The van der Waals surface area contributed by atoms with E-state index in [2.05, 4.69) is 19.1 Å². The van der Waals surface area contributed by atoms with E-state index < -0.39 is 24.4 Å². The summed E-state index contributed by atoms with van der Waals surface area (Å²) in [5.74, 6) is -0.218. The van der Waals surface area contributed by atoms with Crippen LogP contribution < -0.4 is 0 Å². The number of aliphatic hydroxyl groups is 3. The highest BCUT2D eigenvalue weighted by Crippen LogP contribution is 2.25. The standard InChI is InChI=1S/C32H60O10/c1-2-3-4-5-6-7-8-9-10-11-12-13-14-15-16-17-30(36)40-25-24-37-26-28(38-21-18-33)32-31(41-23-20-35)29(27-42-32)39-22-19-34/h9-10,28-29,31-35H,2-8,11-27H2,1H3/b10-9-/t28?,29?,31-,32?/m0/s1. The summed E-state index contributed by atoms with van der Waals surface area (Å²) >= 11 is 0. The van der Waals surface area contributed by atoms with Crippen LogP contribution in [0.3, 0.4) is 0 Å². The molecule has 0 saturated carbocycles. The lowest BCUT2D eigenvalue weighted by molar-refractivity contribution is -0.149. The molecule has 4 atom stereocenters. The fourth-order valence-electron chi connectivity index (χ4n) is 4.93. The summed E-state index contributed by atoms with van der Waals surface area (Å²) in [6.07, 6.45) is 18.8. The smallest absolute Gasteiger partial charge is 0.305 e. The Morgan fingerprint density at radius 2 is 1.40 bits per heavy atom. The monoisotopic (exact) mass is 604 g/mol. The minimum atomic E-state index is -0.560. The number of aliphatic hydroxyl groups excluding tert-OH is 3. The minimum absolute atomic E-state index is 0.0910. The van der Waals surface area contributed by atoms with E-state index in [1.807, 2.05) is 0 Å². The van der Waals surface area contributed by atoms with Gasteiger partial charge in [-0.2, -0.15) is 0 Å². The zero-order chi connectivity index (χ0) is 30.5. The maximum absolute atomic E-state index is 12.1. The largest absolute Gasteiger partial charge is 0.463 e. The molecule has 0 aromatic carbocycles. The predicted octanol–water partition coefficient (Wildman–Crippen LogP) is 4.12. The molecule has 42 heavy (non-hydrogen) atoms. The third kappa shape index (κ3) is 20.0. The van der Waals surface area contributed by atoms with Gasteiger partial charge in [0, 0.05) is 6.42 Å². The molecule has 0 aliphatic carbocycles. The molecule has 1 rings (SSSR count). The minimum Gasteiger partial charge on any atom is -0.463 e. The molecule has 1 saturated heterocycles. The van der Waals surface area contributed by atoms with E-state index in [9.17, 15) is 15.0 Å². The first-order valence-electron chi connectivity index (χ1n) is 16.3. The normalized spacial score (nSPS) is 19.6. The SMILES string of the molecule is CCCCCCCC/C=C\CCCCCCCC(=O)OCCOCC(OCCO)C1OCC(OCCO)[C@@H]1OCCO. The highest BCUT2D eigenvalue weighted by molar-refractivity contribution is 5.69. The van der Waals surface area contributed by atoms with Gasteiger partial charge in [-0.25, -0.2) is 0 Å². The number of ether oxygens (including phenoxy) is 6. The van der Waals surface area contributed by atoms with E-state index in [1.165, 1.54) is 57.8 Å². The Hall–Kier alpha value is -1.11. The van der Waals surface area contributed by atoms with Gasteiger partial charge in [0.15, 0.2) is 0 Å². The molecular weight excluding hydrogens is 544 g/mol. The van der Waals surface area contributed by atoms with Gasteiger partial charge >= 0.3 is 5.97 Å². The van der Waals surface area contributed by atoms with E-state index in [4.69, 9.17) is 33.5 Å².